The molecule has 2 heterocycles. The van der Waals surface area contributed by atoms with E-state index in [0.717, 1.165) is 12.1 Å². The number of hydrogen-bond donors (Lipinski definition) is 2. The Hall–Kier alpha value is -4.50. The Kier molecular flexibility index (Phi) is 5.99. The van der Waals surface area contributed by atoms with Crippen molar-refractivity contribution in [3.05, 3.63) is 117 Å². The molecule has 4 aromatic rings. The second-order valence-corrected chi connectivity index (χ2v) is 8.35. The van der Waals surface area contributed by atoms with Gasteiger partial charge in [0.25, 0.3) is 11.5 Å². The third-order valence-corrected chi connectivity index (χ3v) is 6.03. The predicted octanol–water partition coefficient (Wildman–Crippen LogP) is 4.86. The van der Waals surface area contributed by atoms with Gasteiger partial charge in [0.1, 0.15) is 17.3 Å². The van der Waals surface area contributed by atoms with Crippen molar-refractivity contribution >= 4 is 29.6 Å². The first-order chi connectivity index (χ1) is 17.3. The monoisotopic (exact) mass is 506 g/mol. The lowest BCUT2D eigenvalue weighted by molar-refractivity contribution is -0.123. The van der Waals surface area contributed by atoms with Crippen molar-refractivity contribution in [1.82, 2.24) is 20.0 Å². The van der Waals surface area contributed by atoms with Gasteiger partial charge in [-0.05, 0) is 30.3 Å². The second-order valence-electron chi connectivity index (χ2n) is 7.94. The highest BCUT2D eigenvalue weighted by molar-refractivity contribution is 6.32. The lowest BCUT2D eigenvalue weighted by atomic mass is 10.1. The van der Waals surface area contributed by atoms with Gasteiger partial charge in [-0.2, -0.15) is 0 Å². The van der Waals surface area contributed by atoms with Gasteiger partial charge < -0.3 is 5.32 Å². The summed E-state index contributed by atoms with van der Waals surface area (Å²) in [6, 6.07) is 18.0. The molecule has 0 atom stereocenters. The number of halogens is 3. The third-order valence-electron chi connectivity index (χ3n) is 5.71. The van der Waals surface area contributed by atoms with Gasteiger partial charge in [0.15, 0.2) is 0 Å². The third kappa shape index (κ3) is 4.09. The molecule has 2 N–H and O–H groups in total. The van der Waals surface area contributed by atoms with Crippen LogP contribution < -0.4 is 10.9 Å². The molecule has 1 fully saturated rings. The lowest BCUT2D eigenvalue weighted by Gasteiger charge is -2.13. The number of nitrogens with one attached hydrogen (secondary N) is 2. The van der Waals surface area contributed by atoms with E-state index < -0.39 is 41.2 Å². The maximum Gasteiger partial charge on any atom is 0.329 e. The zero-order valence-corrected chi connectivity index (χ0v) is 19.2. The molecule has 3 amide bonds. The van der Waals surface area contributed by atoms with Crippen molar-refractivity contribution in [1.29, 1.82) is 0 Å². The van der Waals surface area contributed by atoms with Crippen molar-refractivity contribution in [3.8, 4) is 16.9 Å². The van der Waals surface area contributed by atoms with Crippen LogP contribution in [0.5, 0.6) is 0 Å². The molecule has 7 nitrogen and oxygen atoms in total. The molecule has 1 saturated heterocycles. The number of H-pyrrole nitrogens is 1. The van der Waals surface area contributed by atoms with Crippen LogP contribution in [0.2, 0.25) is 5.02 Å². The van der Waals surface area contributed by atoms with E-state index in [-0.39, 0.29) is 11.3 Å². The number of rotatable bonds is 5. The van der Waals surface area contributed by atoms with Crippen molar-refractivity contribution in [3.63, 3.8) is 0 Å². The minimum absolute atomic E-state index is 0.0868. The van der Waals surface area contributed by atoms with Crippen LogP contribution >= 0.6 is 11.6 Å². The number of aromatic nitrogens is 2. The van der Waals surface area contributed by atoms with E-state index in [0.29, 0.717) is 26.9 Å². The predicted molar refractivity (Wildman–Crippen MR) is 130 cm³/mol. The summed E-state index contributed by atoms with van der Waals surface area (Å²) in [6.45, 7) is -0.608. The lowest BCUT2D eigenvalue weighted by Crippen LogP contribution is -2.31. The fourth-order valence-electron chi connectivity index (χ4n) is 3.91. The number of nitrogens with zero attached hydrogens (tertiary/aromatic N) is 2. The average molecular weight is 507 g/mol. The van der Waals surface area contributed by atoms with Gasteiger partial charge in [-0.25, -0.2) is 18.3 Å². The first kappa shape index (κ1) is 23.3. The number of para-hydroxylation sites is 1. The molecule has 3 aromatic carbocycles. The van der Waals surface area contributed by atoms with Gasteiger partial charge in [-0.1, -0.05) is 60.1 Å². The van der Waals surface area contributed by atoms with Crippen LogP contribution in [0.25, 0.3) is 23.0 Å². The quantitative estimate of drug-likeness (QED) is 0.299. The molecule has 10 heteroatoms. The van der Waals surface area contributed by atoms with E-state index in [1.165, 1.54) is 16.8 Å². The maximum absolute atomic E-state index is 14.1. The SMILES string of the molecule is O=C1NC(=Cc2c(-c3ccccc3)[nH]n(-c3ccccc3Cl)c2=O)C(=O)N1Cc1c(F)cccc1F. The van der Waals surface area contributed by atoms with Crippen LogP contribution in [0.3, 0.4) is 0 Å². The average Bonchev–Trinajstić information content (AvgIpc) is 3.33. The van der Waals surface area contributed by atoms with Crippen LogP contribution in [0.4, 0.5) is 13.6 Å². The second kappa shape index (κ2) is 9.27. The number of benzene rings is 3. The summed E-state index contributed by atoms with van der Waals surface area (Å²) in [5.74, 6) is -2.59. The summed E-state index contributed by atoms with van der Waals surface area (Å²) in [5.41, 5.74) is 0.359. The minimum Gasteiger partial charge on any atom is -0.303 e. The summed E-state index contributed by atoms with van der Waals surface area (Å²) in [4.78, 5) is 39.7. The molecule has 0 saturated carbocycles. The molecular weight excluding hydrogens is 490 g/mol. The van der Waals surface area contributed by atoms with Gasteiger partial charge in [-0.15, -0.1) is 0 Å². The Labute approximate surface area is 208 Å². The highest BCUT2D eigenvalue weighted by Crippen LogP contribution is 2.26. The first-order valence-electron chi connectivity index (χ1n) is 10.8. The molecule has 0 spiro atoms. The number of aromatic amines is 1. The summed E-state index contributed by atoms with van der Waals surface area (Å²) >= 11 is 6.30. The maximum atomic E-state index is 14.1. The summed E-state index contributed by atoms with van der Waals surface area (Å²) in [7, 11) is 0. The zero-order chi connectivity index (χ0) is 25.4. The van der Waals surface area contributed by atoms with E-state index in [2.05, 4.69) is 10.4 Å². The van der Waals surface area contributed by atoms with Crippen LogP contribution in [0, 0.1) is 11.6 Å². The molecule has 5 rings (SSSR count). The summed E-state index contributed by atoms with van der Waals surface area (Å²) in [5, 5.41) is 5.74. The highest BCUT2D eigenvalue weighted by atomic mass is 35.5. The van der Waals surface area contributed by atoms with Crippen molar-refractivity contribution < 1.29 is 18.4 Å². The van der Waals surface area contributed by atoms with Crippen LogP contribution in [-0.4, -0.2) is 26.6 Å². The van der Waals surface area contributed by atoms with Gasteiger partial charge >= 0.3 is 6.03 Å². The van der Waals surface area contributed by atoms with Gasteiger partial charge in [-0.3, -0.25) is 19.6 Å². The highest BCUT2D eigenvalue weighted by Gasteiger charge is 2.35. The first-order valence-corrected chi connectivity index (χ1v) is 11.2. The van der Waals surface area contributed by atoms with Crippen LogP contribution in [0.1, 0.15) is 11.1 Å². The number of imide groups is 1. The molecule has 180 valence electrons. The smallest absolute Gasteiger partial charge is 0.303 e. The molecular formula is C26H17ClF2N4O3. The van der Waals surface area contributed by atoms with E-state index in [1.54, 1.807) is 48.5 Å². The molecule has 0 radical (unpaired) electrons. The Balaban J connectivity index is 1.59. The number of hydrogen-bond acceptors (Lipinski definition) is 3. The number of carbonyl (C=O) groups is 2. The van der Waals surface area contributed by atoms with Gasteiger partial charge in [0.05, 0.1) is 28.5 Å². The molecule has 1 aliphatic rings. The Morgan fingerprint density at radius 3 is 2.22 bits per heavy atom. The fourth-order valence-corrected chi connectivity index (χ4v) is 4.13. The zero-order valence-electron chi connectivity index (χ0n) is 18.5. The minimum atomic E-state index is -0.882. The molecule has 36 heavy (non-hydrogen) atoms. The van der Waals surface area contributed by atoms with Crippen molar-refractivity contribution in [2.45, 2.75) is 6.54 Å². The number of carbonyl (C=O) groups excluding carboxylic acids is 2. The molecule has 1 aliphatic heterocycles. The van der Waals surface area contributed by atoms with Crippen molar-refractivity contribution in [2.75, 3.05) is 0 Å². The Bertz CT molecular complexity index is 1570. The van der Waals surface area contributed by atoms with E-state index in [1.807, 2.05) is 6.07 Å². The fraction of sp³-hybridized carbons (Fsp3) is 0.0385. The largest absolute Gasteiger partial charge is 0.329 e. The van der Waals surface area contributed by atoms with E-state index >= 15 is 0 Å². The van der Waals surface area contributed by atoms with Gasteiger partial charge in [0, 0.05) is 11.1 Å². The number of amides is 3. The van der Waals surface area contributed by atoms with E-state index in [4.69, 9.17) is 11.6 Å². The van der Waals surface area contributed by atoms with E-state index in [9.17, 15) is 23.2 Å². The van der Waals surface area contributed by atoms with Crippen LogP contribution in [-0.2, 0) is 11.3 Å². The Morgan fingerprint density at radius 1 is 0.861 bits per heavy atom. The van der Waals surface area contributed by atoms with Gasteiger partial charge in [0.2, 0.25) is 0 Å². The Morgan fingerprint density at radius 2 is 1.53 bits per heavy atom. The molecule has 0 aliphatic carbocycles. The molecule has 0 unspecified atom stereocenters. The summed E-state index contributed by atoms with van der Waals surface area (Å²) in [6.07, 6.45) is 1.24. The molecule has 1 aromatic heterocycles. The van der Waals surface area contributed by atoms with Crippen LogP contribution in [0.15, 0.2) is 83.3 Å². The van der Waals surface area contributed by atoms with Crippen molar-refractivity contribution in [2.24, 2.45) is 0 Å². The molecule has 0 bridgehead atoms. The number of urea groups is 1. The normalized spacial score (nSPS) is 14.5. The standard InChI is InChI=1S/C26H17ClF2N4O3/c27-18-9-4-5-12-22(18)33-24(34)16(23(31-33)15-7-2-1-3-8-15)13-21-25(35)32(26(36)30-21)14-17-19(28)10-6-11-20(17)29/h1-13,31H,14H2,(H,30,36). The summed E-state index contributed by atoms with van der Waals surface area (Å²) < 4.78 is 29.5. The topological polar surface area (TPSA) is 87.2 Å².